The van der Waals surface area contributed by atoms with E-state index in [1.165, 1.54) is 0 Å². The van der Waals surface area contributed by atoms with Crippen molar-refractivity contribution in [3.05, 3.63) is 11.6 Å². The van der Waals surface area contributed by atoms with Gasteiger partial charge >= 0.3 is 0 Å². The predicted molar refractivity (Wildman–Crippen MR) is 36.4 cm³/mol. The zero-order chi connectivity index (χ0) is 5.82. The second-order valence-electron chi connectivity index (χ2n) is 1.63. The van der Waals surface area contributed by atoms with Crippen molar-refractivity contribution >= 4 is 11.8 Å². The molecule has 8 heavy (non-hydrogen) atoms. The summed E-state index contributed by atoms with van der Waals surface area (Å²) in [4.78, 5) is 2.16. The first-order chi connectivity index (χ1) is 3.93. The van der Waals surface area contributed by atoms with Crippen LogP contribution >= 0.6 is 11.8 Å². The van der Waals surface area contributed by atoms with Gasteiger partial charge in [0.05, 0.1) is 12.5 Å². The number of thioether (sulfide) groups is 1. The molecule has 0 aliphatic carbocycles. The quantitative estimate of drug-likeness (QED) is 0.545. The van der Waals surface area contributed by atoms with Crippen LogP contribution < -0.4 is 5.32 Å². The van der Waals surface area contributed by atoms with Crippen molar-refractivity contribution in [3.8, 4) is 0 Å². The van der Waals surface area contributed by atoms with E-state index in [9.17, 15) is 0 Å². The number of hydrogen-bond donors (Lipinski definition) is 0. The molecule has 0 N–H and O–H groups in total. The summed E-state index contributed by atoms with van der Waals surface area (Å²) in [6.07, 6.45) is 2.07. The molecule has 0 unspecified atom stereocenters. The molecule has 1 aliphatic rings. The summed E-state index contributed by atoms with van der Waals surface area (Å²) < 4.78 is 0. The van der Waals surface area contributed by atoms with Gasteiger partial charge in [-0.1, -0.05) is 0 Å². The van der Waals surface area contributed by atoms with Gasteiger partial charge in [0.2, 0.25) is 0 Å². The Morgan fingerprint density at radius 1 is 1.88 bits per heavy atom. The fraction of sp³-hybridized carbons (Fsp3) is 0.600. The highest BCUT2D eigenvalue weighted by Gasteiger charge is 2.00. The van der Waals surface area contributed by atoms with Gasteiger partial charge in [-0.05, 0) is 5.41 Å². The molecular weight excluding hydrogens is 120 g/mol. The van der Waals surface area contributed by atoms with Gasteiger partial charge in [-0.2, -0.15) is 0 Å². The Morgan fingerprint density at radius 3 is 3.25 bits per heavy atom. The van der Waals surface area contributed by atoms with Crippen LogP contribution in [0.1, 0.15) is 0 Å². The third-order valence-electron chi connectivity index (χ3n) is 0.931. The minimum absolute atomic E-state index is 0.837. The van der Waals surface area contributed by atoms with Gasteiger partial charge in [-0.3, -0.25) is 0 Å². The van der Waals surface area contributed by atoms with Crippen molar-refractivity contribution in [2.24, 2.45) is 0 Å². The summed E-state index contributed by atoms with van der Waals surface area (Å²) in [5, 5.41) is 6.07. The molecule has 0 atom stereocenters. The second kappa shape index (κ2) is 2.99. The summed E-state index contributed by atoms with van der Waals surface area (Å²) in [6.45, 7) is 0.837. The maximum absolute atomic E-state index is 3.98. The molecule has 0 fully saturated rings. The van der Waals surface area contributed by atoms with E-state index >= 15 is 0 Å². The van der Waals surface area contributed by atoms with Gasteiger partial charge < -0.3 is 4.90 Å². The molecule has 0 spiro atoms. The molecule has 1 radical (unpaired) electrons. The Morgan fingerprint density at radius 2 is 2.75 bits per heavy atom. The van der Waals surface area contributed by atoms with Gasteiger partial charge in [0.1, 0.15) is 0 Å². The molecule has 1 heterocycles. The van der Waals surface area contributed by atoms with Crippen LogP contribution in [0.25, 0.3) is 0 Å². The first kappa shape index (κ1) is 5.98. The fourth-order valence-electron chi connectivity index (χ4n) is 0.581. The van der Waals surface area contributed by atoms with Crippen molar-refractivity contribution < 1.29 is 0 Å². The molecule has 0 bridgehead atoms. The van der Waals surface area contributed by atoms with Crippen LogP contribution in [0.2, 0.25) is 0 Å². The van der Waals surface area contributed by atoms with E-state index in [-0.39, 0.29) is 0 Å². The van der Waals surface area contributed by atoms with Crippen molar-refractivity contribution in [2.75, 3.05) is 19.6 Å². The first-order valence-electron chi connectivity index (χ1n) is 2.51. The lowest BCUT2D eigenvalue weighted by molar-refractivity contribution is 0.414. The Kier molecular flexibility index (Phi) is 2.24. The zero-order valence-electron chi connectivity index (χ0n) is 4.87. The van der Waals surface area contributed by atoms with Crippen LogP contribution in [0.15, 0.2) is 11.6 Å². The van der Waals surface area contributed by atoms with Crippen LogP contribution in [0.4, 0.5) is 0 Å². The van der Waals surface area contributed by atoms with Gasteiger partial charge in [0, 0.05) is 13.2 Å². The van der Waals surface area contributed by atoms with E-state index in [4.69, 9.17) is 0 Å². The SMILES string of the molecule is C[N]CN1C=CSC1. The third kappa shape index (κ3) is 1.42. The third-order valence-corrected chi connectivity index (χ3v) is 1.73. The molecule has 0 saturated heterocycles. The van der Waals surface area contributed by atoms with E-state index in [0.717, 1.165) is 12.5 Å². The normalized spacial score (nSPS) is 17.9. The molecule has 0 aromatic carbocycles. The van der Waals surface area contributed by atoms with Crippen LogP contribution in [-0.2, 0) is 0 Å². The Labute approximate surface area is 53.9 Å². The van der Waals surface area contributed by atoms with Crippen LogP contribution in [0, 0.1) is 0 Å². The Balaban J connectivity index is 2.16. The molecule has 0 amide bonds. The van der Waals surface area contributed by atoms with Crippen LogP contribution in [0.3, 0.4) is 0 Å². The zero-order valence-corrected chi connectivity index (χ0v) is 5.69. The van der Waals surface area contributed by atoms with Crippen LogP contribution in [-0.4, -0.2) is 24.5 Å². The van der Waals surface area contributed by atoms with Gasteiger partial charge in [0.15, 0.2) is 0 Å². The van der Waals surface area contributed by atoms with E-state index in [2.05, 4.69) is 21.8 Å². The molecule has 1 aliphatic heterocycles. The lowest BCUT2D eigenvalue weighted by atomic mass is 10.8. The van der Waals surface area contributed by atoms with Crippen molar-refractivity contribution in [3.63, 3.8) is 0 Å². The summed E-state index contributed by atoms with van der Waals surface area (Å²) in [7, 11) is 1.83. The number of rotatable bonds is 2. The Bertz CT molecular complexity index is 92.4. The minimum Gasteiger partial charge on any atom is -0.353 e. The molecule has 3 heteroatoms. The highest BCUT2D eigenvalue weighted by molar-refractivity contribution is 8.02. The average Bonchev–Trinajstić information content (AvgIpc) is 2.19. The maximum Gasteiger partial charge on any atom is 0.0842 e. The van der Waals surface area contributed by atoms with Gasteiger partial charge in [-0.15, -0.1) is 11.8 Å². The Hall–Kier alpha value is -0.150. The lowest BCUT2D eigenvalue weighted by Gasteiger charge is -2.10. The monoisotopic (exact) mass is 129 g/mol. The van der Waals surface area contributed by atoms with E-state index in [0.29, 0.717) is 0 Å². The number of nitrogens with zero attached hydrogens (tertiary/aromatic N) is 2. The van der Waals surface area contributed by atoms with Gasteiger partial charge in [0.25, 0.3) is 0 Å². The molecule has 0 aromatic rings. The van der Waals surface area contributed by atoms with Gasteiger partial charge in [-0.25, -0.2) is 5.32 Å². The summed E-state index contributed by atoms with van der Waals surface area (Å²) in [5.74, 6) is 1.07. The lowest BCUT2D eigenvalue weighted by Crippen LogP contribution is -2.20. The smallest absolute Gasteiger partial charge is 0.0842 e. The first-order valence-corrected chi connectivity index (χ1v) is 3.56. The van der Waals surface area contributed by atoms with E-state index in [1.807, 2.05) is 18.8 Å². The second-order valence-corrected chi connectivity index (χ2v) is 2.49. The average molecular weight is 129 g/mol. The molecule has 1 rings (SSSR count). The molecule has 0 saturated carbocycles. The van der Waals surface area contributed by atoms with Crippen molar-refractivity contribution in [2.45, 2.75) is 0 Å². The van der Waals surface area contributed by atoms with Crippen LogP contribution in [0.5, 0.6) is 0 Å². The largest absolute Gasteiger partial charge is 0.353 e. The molecule has 2 nitrogen and oxygen atoms in total. The van der Waals surface area contributed by atoms with Crippen molar-refractivity contribution in [1.82, 2.24) is 10.2 Å². The topological polar surface area (TPSA) is 17.3 Å². The fourth-order valence-corrected chi connectivity index (χ4v) is 1.28. The van der Waals surface area contributed by atoms with E-state index < -0.39 is 0 Å². The summed E-state index contributed by atoms with van der Waals surface area (Å²) >= 11 is 1.81. The highest BCUT2D eigenvalue weighted by Crippen LogP contribution is 2.13. The standard InChI is InChI=1S/C5H9N2S/c1-6-4-7-2-3-8-5-7/h2-3H,4-5H2,1H3. The predicted octanol–water partition coefficient (Wildman–Crippen LogP) is 0.656. The summed E-state index contributed by atoms with van der Waals surface area (Å²) in [5.41, 5.74) is 0. The van der Waals surface area contributed by atoms with Crippen molar-refractivity contribution in [1.29, 1.82) is 0 Å². The van der Waals surface area contributed by atoms with E-state index in [1.54, 1.807) is 0 Å². The molecule has 45 valence electrons. The minimum atomic E-state index is 0.837. The maximum atomic E-state index is 3.98. The molecular formula is C5H9N2S. The highest BCUT2D eigenvalue weighted by atomic mass is 32.2. The number of hydrogen-bond acceptors (Lipinski definition) is 2. The summed E-state index contributed by atoms with van der Waals surface area (Å²) in [6, 6.07) is 0. The molecule has 0 aromatic heterocycles.